The van der Waals surface area contributed by atoms with Crippen LogP contribution in [0.15, 0.2) is 61.4 Å². The first-order valence-electron chi connectivity index (χ1n) is 9.05. The predicted octanol–water partition coefficient (Wildman–Crippen LogP) is 2.41. The van der Waals surface area contributed by atoms with E-state index < -0.39 is 0 Å². The molecule has 1 aliphatic heterocycles. The van der Waals surface area contributed by atoms with Crippen molar-refractivity contribution in [3.05, 3.63) is 72.6 Å². The van der Waals surface area contributed by atoms with Gasteiger partial charge in [0.05, 0.1) is 6.33 Å². The van der Waals surface area contributed by atoms with E-state index >= 15 is 0 Å². The Bertz CT molecular complexity index is 857. The molecule has 1 saturated heterocycles. The van der Waals surface area contributed by atoms with Crippen molar-refractivity contribution >= 4 is 5.91 Å². The van der Waals surface area contributed by atoms with E-state index in [2.05, 4.69) is 15.0 Å². The Morgan fingerprint density at radius 1 is 1.07 bits per heavy atom. The molecule has 0 unspecified atom stereocenters. The van der Waals surface area contributed by atoms with Gasteiger partial charge in [0.2, 0.25) is 0 Å². The van der Waals surface area contributed by atoms with Gasteiger partial charge in [0.15, 0.2) is 0 Å². The maximum absolute atomic E-state index is 12.7. The van der Waals surface area contributed by atoms with Crippen LogP contribution in [0, 0.1) is 0 Å². The summed E-state index contributed by atoms with van der Waals surface area (Å²) in [4.78, 5) is 26.8. The molecule has 0 aliphatic carbocycles. The number of aromatic nitrogens is 4. The molecule has 1 aliphatic rings. The molecule has 138 valence electrons. The molecule has 1 aromatic carbocycles. The van der Waals surface area contributed by atoms with E-state index in [0.717, 1.165) is 30.5 Å². The minimum absolute atomic E-state index is 0.0500. The van der Waals surface area contributed by atoms with E-state index in [1.165, 1.54) is 0 Å². The number of imidazole rings is 1. The van der Waals surface area contributed by atoms with E-state index in [1.807, 2.05) is 39.9 Å². The Balaban J connectivity index is 1.31. The van der Waals surface area contributed by atoms with Crippen LogP contribution in [0.25, 0.3) is 0 Å². The van der Waals surface area contributed by atoms with Crippen LogP contribution < -0.4 is 4.74 Å². The summed E-state index contributed by atoms with van der Waals surface area (Å²) in [6.07, 6.45) is 10.4. The highest BCUT2D eigenvalue weighted by Crippen LogP contribution is 2.18. The molecule has 2 aromatic heterocycles. The number of hydrogen-bond acceptors (Lipinski definition) is 5. The lowest BCUT2D eigenvalue weighted by atomic mass is 10.1. The SMILES string of the molecule is O=C(c1ccc(Cn2ccnc2)cc1)N1CCC(Oc2ncccn2)CC1. The van der Waals surface area contributed by atoms with Crippen LogP contribution in [-0.2, 0) is 6.54 Å². The Morgan fingerprint density at radius 2 is 1.81 bits per heavy atom. The molecule has 7 heteroatoms. The second-order valence-electron chi connectivity index (χ2n) is 6.57. The molecule has 0 N–H and O–H groups in total. The van der Waals surface area contributed by atoms with Gasteiger partial charge < -0.3 is 14.2 Å². The number of ether oxygens (including phenoxy) is 1. The number of benzene rings is 1. The molecule has 0 saturated carbocycles. The molecule has 0 atom stereocenters. The van der Waals surface area contributed by atoms with Crippen molar-refractivity contribution < 1.29 is 9.53 Å². The number of rotatable bonds is 5. The van der Waals surface area contributed by atoms with Crippen molar-refractivity contribution in [2.24, 2.45) is 0 Å². The monoisotopic (exact) mass is 363 g/mol. The number of nitrogens with zero attached hydrogens (tertiary/aromatic N) is 5. The number of likely N-dealkylation sites (tertiary alicyclic amines) is 1. The van der Waals surface area contributed by atoms with Gasteiger partial charge in [-0.1, -0.05) is 12.1 Å². The lowest BCUT2D eigenvalue weighted by Crippen LogP contribution is -2.41. The van der Waals surface area contributed by atoms with Gasteiger partial charge >= 0.3 is 6.01 Å². The first-order chi connectivity index (χ1) is 13.3. The van der Waals surface area contributed by atoms with Crippen LogP contribution in [0.2, 0.25) is 0 Å². The van der Waals surface area contributed by atoms with Gasteiger partial charge in [0.25, 0.3) is 5.91 Å². The zero-order chi connectivity index (χ0) is 18.5. The quantitative estimate of drug-likeness (QED) is 0.696. The number of hydrogen-bond donors (Lipinski definition) is 0. The van der Waals surface area contributed by atoms with Gasteiger partial charge in [-0.25, -0.2) is 15.0 Å². The first-order valence-corrected chi connectivity index (χ1v) is 9.05. The lowest BCUT2D eigenvalue weighted by molar-refractivity contribution is 0.0578. The molecule has 0 bridgehead atoms. The molecular formula is C20H21N5O2. The fourth-order valence-electron chi connectivity index (χ4n) is 3.20. The summed E-state index contributed by atoms with van der Waals surface area (Å²) in [6, 6.07) is 9.94. The van der Waals surface area contributed by atoms with Crippen molar-refractivity contribution in [2.75, 3.05) is 13.1 Å². The highest BCUT2D eigenvalue weighted by atomic mass is 16.5. The number of carbonyl (C=O) groups excluding carboxylic acids is 1. The molecule has 0 radical (unpaired) electrons. The standard InChI is InChI=1S/C20H21N5O2/c26-19(17-4-2-16(3-5-17)14-24-13-10-21-15-24)25-11-6-18(7-12-25)27-20-22-8-1-9-23-20/h1-5,8-10,13,15,18H,6-7,11-12,14H2. The number of piperidine rings is 1. The fraction of sp³-hybridized carbons (Fsp3) is 0.300. The third-order valence-electron chi connectivity index (χ3n) is 4.67. The van der Waals surface area contributed by atoms with E-state index in [0.29, 0.717) is 19.1 Å². The van der Waals surface area contributed by atoms with Crippen LogP contribution in [-0.4, -0.2) is 49.5 Å². The van der Waals surface area contributed by atoms with E-state index in [-0.39, 0.29) is 12.0 Å². The summed E-state index contributed by atoms with van der Waals surface area (Å²) >= 11 is 0. The molecule has 3 heterocycles. The topological polar surface area (TPSA) is 73.1 Å². The van der Waals surface area contributed by atoms with Crippen LogP contribution >= 0.6 is 0 Å². The average Bonchev–Trinajstić information content (AvgIpc) is 3.22. The van der Waals surface area contributed by atoms with Gasteiger partial charge in [0.1, 0.15) is 6.10 Å². The van der Waals surface area contributed by atoms with E-state index in [1.54, 1.807) is 31.0 Å². The first kappa shape index (κ1) is 17.2. The summed E-state index contributed by atoms with van der Waals surface area (Å²) in [5.41, 5.74) is 1.86. The molecular weight excluding hydrogens is 342 g/mol. The summed E-state index contributed by atoms with van der Waals surface area (Å²) in [5.74, 6) is 0.0681. The van der Waals surface area contributed by atoms with Gasteiger partial charge in [-0.05, 0) is 23.8 Å². The minimum Gasteiger partial charge on any atom is -0.460 e. The van der Waals surface area contributed by atoms with Gasteiger partial charge in [-0.15, -0.1) is 0 Å². The summed E-state index contributed by atoms with van der Waals surface area (Å²) < 4.78 is 7.79. The largest absolute Gasteiger partial charge is 0.460 e. The minimum atomic E-state index is 0.0500. The molecule has 7 nitrogen and oxygen atoms in total. The normalized spacial score (nSPS) is 14.9. The summed E-state index contributed by atoms with van der Waals surface area (Å²) in [6.45, 7) is 2.10. The highest BCUT2D eigenvalue weighted by Gasteiger charge is 2.25. The number of carbonyl (C=O) groups is 1. The average molecular weight is 363 g/mol. The van der Waals surface area contributed by atoms with Crippen LogP contribution in [0.1, 0.15) is 28.8 Å². The fourth-order valence-corrected chi connectivity index (χ4v) is 3.20. The lowest BCUT2D eigenvalue weighted by Gasteiger charge is -2.31. The molecule has 1 fully saturated rings. The molecule has 0 spiro atoms. The Kier molecular flexibility index (Phi) is 5.09. The third-order valence-corrected chi connectivity index (χ3v) is 4.67. The second-order valence-corrected chi connectivity index (χ2v) is 6.57. The molecule has 4 rings (SSSR count). The maximum Gasteiger partial charge on any atom is 0.316 e. The van der Waals surface area contributed by atoms with Crippen molar-refractivity contribution in [3.63, 3.8) is 0 Å². The number of amides is 1. The van der Waals surface area contributed by atoms with Crippen LogP contribution in [0.3, 0.4) is 0 Å². The summed E-state index contributed by atoms with van der Waals surface area (Å²) in [7, 11) is 0. The van der Waals surface area contributed by atoms with Gasteiger partial charge in [0, 0.05) is 62.8 Å². The Morgan fingerprint density at radius 3 is 2.48 bits per heavy atom. The Hall–Kier alpha value is -3.22. The molecule has 27 heavy (non-hydrogen) atoms. The molecule has 3 aromatic rings. The van der Waals surface area contributed by atoms with Crippen molar-refractivity contribution in [1.29, 1.82) is 0 Å². The summed E-state index contributed by atoms with van der Waals surface area (Å²) in [5, 5.41) is 0. The van der Waals surface area contributed by atoms with E-state index in [9.17, 15) is 4.79 Å². The van der Waals surface area contributed by atoms with Crippen molar-refractivity contribution in [1.82, 2.24) is 24.4 Å². The van der Waals surface area contributed by atoms with Crippen molar-refractivity contribution in [3.8, 4) is 6.01 Å². The van der Waals surface area contributed by atoms with Gasteiger partial charge in [-0.3, -0.25) is 4.79 Å². The zero-order valence-electron chi connectivity index (χ0n) is 14.9. The van der Waals surface area contributed by atoms with Crippen molar-refractivity contribution in [2.45, 2.75) is 25.5 Å². The Labute approximate surface area is 157 Å². The predicted molar refractivity (Wildman–Crippen MR) is 99.4 cm³/mol. The van der Waals surface area contributed by atoms with Gasteiger partial charge in [-0.2, -0.15) is 0 Å². The third kappa shape index (κ3) is 4.31. The van der Waals surface area contributed by atoms with Crippen LogP contribution in [0.4, 0.5) is 0 Å². The van der Waals surface area contributed by atoms with Crippen LogP contribution in [0.5, 0.6) is 6.01 Å². The smallest absolute Gasteiger partial charge is 0.316 e. The maximum atomic E-state index is 12.7. The van der Waals surface area contributed by atoms with E-state index in [4.69, 9.17) is 4.74 Å². The second kappa shape index (κ2) is 7.99. The molecule has 1 amide bonds. The highest BCUT2D eigenvalue weighted by molar-refractivity contribution is 5.94. The zero-order valence-corrected chi connectivity index (χ0v) is 14.9.